The first kappa shape index (κ1) is 15.2. The molecule has 0 saturated carbocycles. The molecule has 0 atom stereocenters. The van der Waals surface area contributed by atoms with Crippen molar-refractivity contribution >= 4 is 29.2 Å². The summed E-state index contributed by atoms with van der Waals surface area (Å²) in [5.74, 6) is -0.942. The van der Waals surface area contributed by atoms with E-state index in [1.54, 1.807) is 12.1 Å². The Morgan fingerprint density at radius 1 is 1.24 bits per heavy atom. The number of hydrogen-bond acceptors (Lipinski definition) is 3. The molecule has 0 amide bonds. The van der Waals surface area contributed by atoms with E-state index in [1.165, 1.54) is 24.3 Å². The molecule has 2 aromatic carbocycles. The maximum Gasteiger partial charge on any atom is 0.339 e. The maximum atomic E-state index is 11.1. The normalized spacial score (nSPS) is 9.95. The average molecular weight is 322 g/mol. The minimum Gasteiger partial charge on any atom is -0.488 e. The second kappa shape index (κ2) is 6.49. The van der Waals surface area contributed by atoms with E-state index < -0.39 is 5.97 Å². The Bertz CT molecular complexity index is 738. The van der Waals surface area contributed by atoms with Gasteiger partial charge in [-0.25, -0.2) is 4.79 Å². The fraction of sp³-hybridized carbons (Fsp3) is 0.0667. The van der Waals surface area contributed by atoms with Gasteiger partial charge >= 0.3 is 5.97 Å². The highest BCUT2D eigenvalue weighted by molar-refractivity contribution is 6.31. The lowest BCUT2D eigenvalue weighted by molar-refractivity contribution is 0.0692. The van der Waals surface area contributed by atoms with Crippen LogP contribution in [0.25, 0.3) is 0 Å². The van der Waals surface area contributed by atoms with Crippen LogP contribution in [0.3, 0.4) is 0 Å². The topological polar surface area (TPSA) is 70.3 Å². The summed E-state index contributed by atoms with van der Waals surface area (Å²) in [6.45, 7) is 0.0746. The van der Waals surface area contributed by atoms with Crippen molar-refractivity contribution in [2.24, 2.45) is 0 Å². The third-order valence-electron chi connectivity index (χ3n) is 2.74. The largest absolute Gasteiger partial charge is 0.488 e. The van der Waals surface area contributed by atoms with E-state index in [0.717, 1.165) is 0 Å². The monoisotopic (exact) mass is 321 g/mol. The van der Waals surface area contributed by atoms with Gasteiger partial charge in [-0.05, 0) is 30.3 Å². The molecular weight excluding hydrogens is 313 g/mol. The Morgan fingerprint density at radius 3 is 2.62 bits per heavy atom. The van der Waals surface area contributed by atoms with Crippen LogP contribution in [0.15, 0.2) is 36.4 Å². The number of benzene rings is 2. The molecule has 0 radical (unpaired) electrons. The minimum atomic E-state index is -1.10. The van der Waals surface area contributed by atoms with Crippen molar-refractivity contribution in [2.75, 3.05) is 0 Å². The van der Waals surface area contributed by atoms with Crippen LogP contribution in [0.4, 0.5) is 0 Å². The summed E-state index contributed by atoms with van der Waals surface area (Å²) in [6.07, 6.45) is 0. The van der Waals surface area contributed by atoms with Crippen LogP contribution in [0.2, 0.25) is 10.0 Å². The minimum absolute atomic E-state index is 0.0177. The van der Waals surface area contributed by atoms with Gasteiger partial charge in [-0.2, -0.15) is 5.26 Å². The molecule has 0 fully saturated rings. The van der Waals surface area contributed by atoms with Crippen LogP contribution in [-0.4, -0.2) is 11.1 Å². The summed E-state index contributed by atoms with van der Waals surface area (Å²) in [7, 11) is 0. The quantitative estimate of drug-likeness (QED) is 0.918. The van der Waals surface area contributed by atoms with Crippen LogP contribution in [0.5, 0.6) is 5.75 Å². The molecule has 4 nitrogen and oxygen atoms in total. The van der Waals surface area contributed by atoms with Gasteiger partial charge in [0, 0.05) is 15.6 Å². The first-order valence-corrected chi connectivity index (χ1v) is 6.61. The second-order valence-electron chi connectivity index (χ2n) is 4.15. The summed E-state index contributed by atoms with van der Waals surface area (Å²) >= 11 is 11.9. The predicted octanol–water partition coefficient (Wildman–Crippen LogP) is 4.14. The number of nitrogens with zero attached hydrogens (tertiary/aromatic N) is 1. The highest BCUT2D eigenvalue weighted by atomic mass is 35.5. The Balaban J connectivity index is 2.22. The molecule has 0 heterocycles. The molecule has 1 N–H and O–H groups in total. The van der Waals surface area contributed by atoms with Crippen molar-refractivity contribution in [2.45, 2.75) is 6.61 Å². The van der Waals surface area contributed by atoms with Crippen LogP contribution in [0, 0.1) is 11.3 Å². The summed E-state index contributed by atoms with van der Waals surface area (Å²) in [4.78, 5) is 11.1. The van der Waals surface area contributed by atoms with Gasteiger partial charge in [-0.3, -0.25) is 0 Å². The van der Waals surface area contributed by atoms with Gasteiger partial charge in [-0.1, -0.05) is 29.3 Å². The zero-order valence-corrected chi connectivity index (χ0v) is 12.1. The van der Waals surface area contributed by atoms with Gasteiger partial charge < -0.3 is 9.84 Å². The number of rotatable bonds is 4. The van der Waals surface area contributed by atoms with E-state index in [1.807, 2.05) is 6.07 Å². The van der Waals surface area contributed by atoms with Crippen LogP contribution < -0.4 is 4.74 Å². The Labute approximate surface area is 131 Å². The molecule has 21 heavy (non-hydrogen) atoms. The van der Waals surface area contributed by atoms with Gasteiger partial charge in [0.25, 0.3) is 0 Å². The fourth-order valence-corrected chi connectivity index (χ4v) is 2.08. The van der Waals surface area contributed by atoms with Gasteiger partial charge in [0.1, 0.15) is 17.9 Å². The lowest BCUT2D eigenvalue weighted by Gasteiger charge is -2.10. The third kappa shape index (κ3) is 3.66. The molecule has 0 spiro atoms. The summed E-state index contributed by atoms with van der Waals surface area (Å²) < 4.78 is 5.49. The van der Waals surface area contributed by atoms with Crippen molar-refractivity contribution in [1.82, 2.24) is 0 Å². The Morgan fingerprint density at radius 2 is 2.00 bits per heavy atom. The number of carboxylic acid groups (broad SMARTS) is 1. The zero-order valence-electron chi connectivity index (χ0n) is 10.6. The van der Waals surface area contributed by atoms with Gasteiger partial charge in [0.2, 0.25) is 0 Å². The van der Waals surface area contributed by atoms with Crippen molar-refractivity contribution < 1.29 is 14.6 Å². The third-order valence-corrected chi connectivity index (χ3v) is 3.33. The van der Waals surface area contributed by atoms with Gasteiger partial charge in [0.05, 0.1) is 11.6 Å². The summed E-state index contributed by atoms with van der Waals surface area (Å²) in [6, 6.07) is 11.1. The molecule has 6 heteroatoms. The smallest absolute Gasteiger partial charge is 0.339 e. The molecular formula is C15H9Cl2NO3. The molecule has 0 saturated heterocycles. The molecule has 0 bridgehead atoms. The molecule has 2 aromatic rings. The summed E-state index contributed by atoms with van der Waals surface area (Å²) in [5.41, 5.74) is 1.11. The first-order chi connectivity index (χ1) is 10.0. The van der Waals surface area contributed by atoms with Crippen molar-refractivity contribution in [3.05, 3.63) is 63.1 Å². The van der Waals surface area contributed by atoms with Crippen LogP contribution in [0.1, 0.15) is 21.5 Å². The van der Waals surface area contributed by atoms with E-state index >= 15 is 0 Å². The van der Waals surface area contributed by atoms with Crippen LogP contribution >= 0.6 is 23.2 Å². The number of ether oxygens (including phenoxy) is 1. The molecule has 0 unspecified atom stereocenters. The average Bonchev–Trinajstić information content (AvgIpc) is 2.45. The highest BCUT2D eigenvalue weighted by Gasteiger charge is 2.12. The van der Waals surface area contributed by atoms with E-state index in [-0.39, 0.29) is 17.9 Å². The van der Waals surface area contributed by atoms with Crippen LogP contribution in [-0.2, 0) is 6.61 Å². The molecule has 0 aliphatic heterocycles. The van der Waals surface area contributed by atoms with E-state index in [2.05, 4.69) is 0 Å². The zero-order chi connectivity index (χ0) is 15.4. The lowest BCUT2D eigenvalue weighted by atomic mass is 10.1. The first-order valence-electron chi connectivity index (χ1n) is 5.85. The standard InChI is InChI=1S/C15H9Cl2NO3/c16-11-3-4-12(15(19)20)14(6-11)21-8-10-2-1-9(7-18)5-13(10)17/h1-6H,8H2,(H,19,20). The Hall–Kier alpha value is -2.22. The fourth-order valence-electron chi connectivity index (χ4n) is 1.68. The lowest BCUT2D eigenvalue weighted by Crippen LogP contribution is -2.03. The van der Waals surface area contributed by atoms with Crippen molar-refractivity contribution in [1.29, 1.82) is 5.26 Å². The number of nitriles is 1. The number of hydrogen-bond donors (Lipinski definition) is 1. The SMILES string of the molecule is N#Cc1ccc(COc2cc(Cl)ccc2C(=O)O)c(Cl)c1. The number of carbonyl (C=O) groups is 1. The maximum absolute atomic E-state index is 11.1. The second-order valence-corrected chi connectivity index (χ2v) is 5.00. The highest BCUT2D eigenvalue weighted by Crippen LogP contribution is 2.26. The molecule has 0 aliphatic rings. The molecule has 2 rings (SSSR count). The predicted molar refractivity (Wildman–Crippen MR) is 78.9 cm³/mol. The van der Waals surface area contributed by atoms with E-state index in [0.29, 0.717) is 21.2 Å². The van der Waals surface area contributed by atoms with E-state index in [9.17, 15) is 4.79 Å². The van der Waals surface area contributed by atoms with Crippen molar-refractivity contribution in [3.63, 3.8) is 0 Å². The van der Waals surface area contributed by atoms with Gasteiger partial charge in [0.15, 0.2) is 0 Å². The number of carboxylic acids is 1. The number of halogens is 2. The Kier molecular flexibility index (Phi) is 4.69. The number of aromatic carboxylic acids is 1. The molecule has 0 aliphatic carbocycles. The van der Waals surface area contributed by atoms with E-state index in [4.69, 9.17) is 38.3 Å². The van der Waals surface area contributed by atoms with Gasteiger partial charge in [-0.15, -0.1) is 0 Å². The van der Waals surface area contributed by atoms with Crippen molar-refractivity contribution in [3.8, 4) is 11.8 Å². The molecule has 0 aromatic heterocycles. The molecule has 106 valence electrons. The summed E-state index contributed by atoms with van der Waals surface area (Å²) in [5, 5.41) is 18.6.